The third kappa shape index (κ3) is 3.22. The first-order valence-corrected chi connectivity index (χ1v) is 4.69. The predicted molar refractivity (Wildman–Crippen MR) is 51.1 cm³/mol. The van der Waals surface area contributed by atoms with Crippen LogP contribution in [0, 0.1) is 0 Å². The van der Waals surface area contributed by atoms with Gasteiger partial charge in [0.1, 0.15) is 0 Å². The van der Waals surface area contributed by atoms with Gasteiger partial charge in [-0.1, -0.05) is 13.8 Å². The highest BCUT2D eigenvalue weighted by Crippen LogP contribution is 2.01. The van der Waals surface area contributed by atoms with Crippen LogP contribution in [0.25, 0.3) is 0 Å². The van der Waals surface area contributed by atoms with Gasteiger partial charge in [-0.2, -0.15) is 0 Å². The third-order valence-electron chi connectivity index (χ3n) is 1.91. The molecule has 1 aliphatic heterocycles. The van der Waals surface area contributed by atoms with E-state index in [0.29, 0.717) is 6.04 Å². The molecule has 0 unspecified atom stereocenters. The summed E-state index contributed by atoms with van der Waals surface area (Å²) in [5.74, 6) is 0.189. The van der Waals surface area contributed by atoms with E-state index in [4.69, 9.17) is 0 Å². The lowest BCUT2D eigenvalue weighted by Crippen LogP contribution is -2.51. The molecular weight excluding hydrogens is 152 g/mol. The summed E-state index contributed by atoms with van der Waals surface area (Å²) in [6.07, 6.45) is 0. The Morgan fingerprint density at radius 2 is 2.08 bits per heavy atom. The highest BCUT2D eigenvalue weighted by molar-refractivity contribution is 5.73. The van der Waals surface area contributed by atoms with E-state index in [1.165, 1.54) is 0 Å². The zero-order valence-electron chi connectivity index (χ0n) is 8.55. The largest absolute Gasteiger partial charge is 0.338 e. The molecule has 0 bridgehead atoms. The molecule has 0 aliphatic carbocycles. The van der Waals surface area contributed by atoms with E-state index in [-0.39, 0.29) is 5.91 Å². The molecule has 1 atom stereocenters. The van der Waals surface area contributed by atoms with Gasteiger partial charge >= 0.3 is 0 Å². The fourth-order valence-electron chi connectivity index (χ4n) is 1.31. The highest BCUT2D eigenvalue weighted by atomic mass is 16.2. The molecule has 0 radical (unpaired) electrons. The Kier molecular flexibility index (Phi) is 5.72. The van der Waals surface area contributed by atoms with E-state index in [9.17, 15) is 4.79 Å². The fourth-order valence-corrected chi connectivity index (χ4v) is 1.31. The average molecular weight is 172 g/mol. The van der Waals surface area contributed by atoms with Crippen LogP contribution in [0.1, 0.15) is 27.7 Å². The van der Waals surface area contributed by atoms with Crippen LogP contribution >= 0.6 is 0 Å². The van der Waals surface area contributed by atoms with Crippen LogP contribution in [-0.2, 0) is 4.79 Å². The normalized spacial score (nSPS) is 22.7. The highest BCUT2D eigenvalue weighted by Gasteiger charge is 2.18. The van der Waals surface area contributed by atoms with Crippen molar-refractivity contribution in [2.75, 3.05) is 19.6 Å². The average Bonchev–Trinajstić information content (AvgIpc) is 2.08. The first kappa shape index (κ1) is 11.4. The summed E-state index contributed by atoms with van der Waals surface area (Å²) in [5, 5.41) is 3.23. The first-order valence-electron chi connectivity index (χ1n) is 4.69. The molecule has 12 heavy (non-hydrogen) atoms. The maximum Gasteiger partial charge on any atom is 0.219 e. The molecule has 1 saturated heterocycles. The Bertz CT molecular complexity index is 136. The summed E-state index contributed by atoms with van der Waals surface area (Å²) in [7, 11) is 0. The number of carbonyl (C=O) groups is 1. The molecule has 1 N–H and O–H groups in total. The predicted octanol–water partition coefficient (Wildman–Crippen LogP) is 0.853. The maximum absolute atomic E-state index is 10.9. The molecule has 0 aromatic carbocycles. The third-order valence-corrected chi connectivity index (χ3v) is 1.91. The first-order chi connectivity index (χ1) is 5.72. The van der Waals surface area contributed by atoms with Gasteiger partial charge in [0.25, 0.3) is 0 Å². The summed E-state index contributed by atoms with van der Waals surface area (Å²) in [4.78, 5) is 12.8. The van der Waals surface area contributed by atoms with Crippen molar-refractivity contribution in [3.63, 3.8) is 0 Å². The fraction of sp³-hybridized carbons (Fsp3) is 0.889. The molecular formula is C9H20N2O. The molecule has 1 heterocycles. The minimum Gasteiger partial charge on any atom is -0.338 e. The van der Waals surface area contributed by atoms with E-state index in [2.05, 4.69) is 12.2 Å². The molecule has 1 rings (SSSR count). The van der Waals surface area contributed by atoms with Crippen molar-refractivity contribution in [2.24, 2.45) is 0 Å². The van der Waals surface area contributed by atoms with Crippen LogP contribution in [-0.4, -0.2) is 36.5 Å². The number of nitrogens with one attached hydrogen (secondary N) is 1. The summed E-state index contributed by atoms with van der Waals surface area (Å²) in [6, 6.07) is 0.367. The molecule has 0 saturated carbocycles. The number of amides is 1. The smallest absolute Gasteiger partial charge is 0.219 e. The number of carbonyl (C=O) groups excluding carboxylic acids is 1. The van der Waals surface area contributed by atoms with Crippen LogP contribution < -0.4 is 5.32 Å². The second kappa shape index (κ2) is 6.00. The molecule has 0 aromatic rings. The van der Waals surface area contributed by atoms with Gasteiger partial charge < -0.3 is 10.2 Å². The summed E-state index contributed by atoms with van der Waals surface area (Å²) in [5.41, 5.74) is 0. The molecule has 72 valence electrons. The quantitative estimate of drug-likeness (QED) is 0.587. The zero-order chi connectivity index (χ0) is 9.56. The minimum absolute atomic E-state index is 0.189. The SMILES string of the molecule is CC.CC(=O)N1CCNC[C@H]1C. The Morgan fingerprint density at radius 3 is 2.42 bits per heavy atom. The molecule has 0 aromatic heterocycles. The van der Waals surface area contributed by atoms with Crippen molar-refractivity contribution >= 4 is 5.91 Å². The van der Waals surface area contributed by atoms with Gasteiger partial charge in [0, 0.05) is 32.6 Å². The van der Waals surface area contributed by atoms with Gasteiger partial charge in [0.2, 0.25) is 5.91 Å². The van der Waals surface area contributed by atoms with E-state index in [1.807, 2.05) is 18.7 Å². The van der Waals surface area contributed by atoms with Gasteiger partial charge in [0.05, 0.1) is 0 Å². The second-order valence-electron chi connectivity index (χ2n) is 2.77. The molecule has 1 fully saturated rings. The standard InChI is InChI=1S/C7H14N2O.C2H6/c1-6-5-8-3-4-9(6)7(2)10;1-2/h6,8H,3-5H2,1-2H3;1-2H3/t6-;/m1./s1. The van der Waals surface area contributed by atoms with Crippen LogP contribution in [0.15, 0.2) is 0 Å². The van der Waals surface area contributed by atoms with Crippen LogP contribution in [0.5, 0.6) is 0 Å². The lowest BCUT2D eigenvalue weighted by molar-refractivity contribution is -0.131. The monoisotopic (exact) mass is 172 g/mol. The minimum atomic E-state index is 0.189. The molecule has 3 nitrogen and oxygen atoms in total. The second-order valence-corrected chi connectivity index (χ2v) is 2.77. The van der Waals surface area contributed by atoms with Crippen LogP contribution in [0.3, 0.4) is 0 Å². The number of rotatable bonds is 0. The van der Waals surface area contributed by atoms with Gasteiger partial charge in [-0.05, 0) is 6.92 Å². The van der Waals surface area contributed by atoms with Crippen molar-refractivity contribution in [1.29, 1.82) is 0 Å². The van der Waals surface area contributed by atoms with Crippen molar-refractivity contribution in [3.8, 4) is 0 Å². The number of piperazine rings is 1. The Hall–Kier alpha value is -0.570. The van der Waals surface area contributed by atoms with Crippen molar-refractivity contribution in [3.05, 3.63) is 0 Å². The lowest BCUT2D eigenvalue weighted by atomic mass is 10.2. The number of hydrogen-bond donors (Lipinski definition) is 1. The van der Waals surface area contributed by atoms with E-state index >= 15 is 0 Å². The molecule has 0 spiro atoms. The zero-order valence-corrected chi connectivity index (χ0v) is 8.55. The molecule has 1 aliphatic rings. The lowest BCUT2D eigenvalue weighted by Gasteiger charge is -2.32. The Balaban J connectivity index is 0.000000561. The maximum atomic E-state index is 10.9. The van der Waals surface area contributed by atoms with E-state index < -0.39 is 0 Å². The topological polar surface area (TPSA) is 32.3 Å². The van der Waals surface area contributed by atoms with Gasteiger partial charge in [-0.15, -0.1) is 0 Å². The van der Waals surface area contributed by atoms with Crippen LogP contribution in [0.2, 0.25) is 0 Å². The van der Waals surface area contributed by atoms with Gasteiger partial charge in [-0.3, -0.25) is 4.79 Å². The molecule has 1 amide bonds. The number of nitrogens with zero attached hydrogens (tertiary/aromatic N) is 1. The van der Waals surface area contributed by atoms with E-state index in [0.717, 1.165) is 19.6 Å². The van der Waals surface area contributed by atoms with Gasteiger partial charge in [0.15, 0.2) is 0 Å². The Morgan fingerprint density at radius 1 is 1.50 bits per heavy atom. The van der Waals surface area contributed by atoms with E-state index in [1.54, 1.807) is 6.92 Å². The summed E-state index contributed by atoms with van der Waals surface area (Å²) < 4.78 is 0. The number of hydrogen-bond acceptors (Lipinski definition) is 2. The summed E-state index contributed by atoms with van der Waals surface area (Å²) >= 11 is 0. The van der Waals surface area contributed by atoms with Gasteiger partial charge in [-0.25, -0.2) is 0 Å². The summed E-state index contributed by atoms with van der Waals surface area (Å²) in [6.45, 7) is 10.4. The van der Waals surface area contributed by atoms with Crippen molar-refractivity contribution in [1.82, 2.24) is 10.2 Å². The molecule has 3 heteroatoms. The van der Waals surface area contributed by atoms with Crippen molar-refractivity contribution < 1.29 is 4.79 Å². The van der Waals surface area contributed by atoms with Crippen molar-refractivity contribution in [2.45, 2.75) is 33.7 Å². The Labute approximate surface area is 75.1 Å². The van der Waals surface area contributed by atoms with Crippen LogP contribution in [0.4, 0.5) is 0 Å².